The van der Waals surface area contributed by atoms with Crippen LogP contribution in [0.15, 0.2) is 30.7 Å². The third-order valence-electron chi connectivity index (χ3n) is 3.65. The van der Waals surface area contributed by atoms with Gasteiger partial charge >= 0.3 is 0 Å². The van der Waals surface area contributed by atoms with Crippen LogP contribution in [0.1, 0.15) is 16.1 Å². The summed E-state index contributed by atoms with van der Waals surface area (Å²) in [5.74, 6) is -0.515. The van der Waals surface area contributed by atoms with Gasteiger partial charge in [-0.2, -0.15) is 5.10 Å². The second-order valence-electron chi connectivity index (χ2n) is 5.44. The van der Waals surface area contributed by atoms with Gasteiger partial charge in [0.1, 0.15) is 5.69 Å². The molecule has 1 aliphatic rings. The molecule has 1 aliphatic heterocycles. The van der Waals surface area contributed by atoms with E-state index in [1.165, 1.54) is 0 Å². The number of pyridine rings is 1. The predicted octanol–water partition coefficient (Wildman–Crippen LogP) is 0.591. The first-order chi connectivity index (χ1) is 10.6. The summed E-state index contributed by atoms with van der Waals surface area (Å²) in [6.45, 7) is 4.87. The lowest BCUT2D eigenvalue weighted by molar-refractivity contribution is 0.0274. The summed E-state index contributed by atoms with van der Waals surface area (Å²) in [7, 11) is 0. The number of morpholine rings is 1. The molecule has 3 heterocycles. The van der Waals surface area contributed by atoms with Crippen LogP contribution in [0, 0.1) is 6.92 Å². The quantitative estimate of drug-likeness (QED) is 0.893. The zero-order valence-corrected chi connectivity index (χ0v) is 12.5. The molecule has 2 N–H and O–H groups in total. The van der Waals surface area contributed by atoms with Gasteiger partial charge in [0.25, 0.3) is 5.91 Å². The molecule has 2 aromatic heterocycles. The van der Waals surface area contributed by atoms with Gasteiger partial charge < -0.3 is 15.4 Å². The number of rotatable bonds is 4. The third kappa shape index (κ3) is 3.25. The average Bonchev–Trinajstić information content (AvgIpc) is 2.93. The van der Waals surface area contributed by atoms with Gasteiger partial charge in [-0.25, -0.2) is 0 Å². The number of carbonyl (C=O) groups is 1. The highest BCUT2D eigenvalue weighted by Gasteiger charge is 2.22. The number of anilines is 1. The number of nitrogens with two attached hydrogens (primary N) is 1. The molecule has 3 rings (SSSR count). The third-order valence-corrected chi connectivity index (χ3v) is 3.65. The molecule has 0 bridgehead atoms. The highest BCUT2D eigenvalue weighted by Crippen LogP contribution is 2.18. The minimum Gasteiger partial charge on any atom is -0.373 e. The number of hydrogen-bond donors (Lipinski definition) is 1. The Kier molecular flexibility index (Phi) is 4.06. The van der Waals surface area contributed by atoms with E-state index in [2.05, 4.69) is 15.0 Å². The lowest BCUT2D eigenvalue weighted by atomic mass is 10.2. The maximum Gasteiger partial charge on any atom is 0.267 e. The molecular weight excluding hydrogens is 282 g/mol. The second-order valence-corrected chi connectivity index (χ2v) is 5.44. The van der Waals surface area contributed by atoms with Crippen LogP contribution in [0.25, 0.3) is 0 Å². The molecule has 116 valence electrons. The van der Waals surface area contributed by atoms with Gasteiger partial charge in [0, 0.05) is 31.2 Å². The Morgan fingerprint density at radius 2 is 2.41 bits per heavy atom. The molecule has 7 heteroatoms. The number of amides is 1. The summed E-state index contributed by atoms with van der Waals surface area (Å²) in [5, 5.41) is 4.29. The number of nitrogens with zero attached hydrogens (tertiary/aromatic N) is 4. The monoisotopic (exact) mass is 301 g/mol. The minimum atomic E-state index is -0.515. The lowest BCUT2D eigenvalue weighted by Gasteiger charge is -2.34. The van der Waals surface area contributed by atoms with E-state index in [-0.39, 0.29) is 11.8 Å². The molecular formula is C15H19N5O2. The topological polar surface area (TPSA) is 86.3 Å². The molecule has 1 unspecified atom stereocenters. The summed E-state index contributed by atoms with van der Waals surface area (Å²) in [6.07, 6.45) is 5.50. The molecule has 0 spiro atoms. The van der Waals surface area contributed by atoms with Crippen LogP contribution in [0.2, 0.25) is 0 Å². The molecule has 1 amide bonds. The molecule has 1 saturated heterocycles. The van der Waals surface area contributed by atoms with Crippen LogP contribution >= 0.6 is 0 Å². The number of carbonyl (C=O) groups excluding carboxylic acids is 1. The molecule has 0 aromatic carbocycles. The average molecular weight is 301 g/mol. The van der Waals surface area contributed by atoms with E-state index < -0.39 is 5.91 Å². The van der Waals surface area contributed by atoms with Crippen LogP contribution < -0.4 is 10.6 Å². The molecule has 1 fully saturated rings. The smallest absolute Gasteiger partial charge is 0.267 e. The summed E-state index contributed by atoms with van der Waals surface area (Å²) in [6, 6.07) is 3.61. The van der Waals surface area contributed by atoms with Crippen LogP contribution in [-0.2, 0) is 11.3 Å². The Labute approximate surface area is 128 Å². The Balaban J connectivity index is 1.70. The maximum atomic E-state index is 11.2. The first-order valence-electron chi connectivity index (χ1n) is 7.23. The van der Waals surface area contributed by atoms with Gasteiger partial charge in [-0.3, -0.25) is 14.5 Å². The minimum absolute atomic E-state index is 0.0539. The van der Waals surface area contributed by atoms with Crippen molar-refractivity contribution in [2.24, 2.45) is 5.73 Å². The number of ether oxygens (including phenoxy) is 1. The zero-order valence-electron chi connectivity index (χ0n) is 12.5. The van der Waals surface area contributed by atoms with Gasteiger partial charge in [0.2, 0.25) is 0 Å². The van der Waals surface area contributed by atoms with Crippen molar-refractivity contribution >= 4 is 11.6 Å². The Morgan fingerprint density at radius 3 is 3.14 bits per heavy atom. The SMILES string of the molecule is Cc1cnn(CC2CN(c3ccnc(C(N)=O)c3)CCO2)c1. The Hall–Kier alpha value is -2.41. The number of aromatic nitrogens is 3. The van der Waals surface area contributed by atoms with E-state index in [1.807, 2.05) is 30.1 Å². The van der Waals surface area contributed by atoms with Crippen molar-refractivity contribution in [3.05, 3.63) is 42.0 Å². The predicted molar refractivity (Wildman–Crippen MR) is 81.7 cm³/mol. The molecule has 2 aromatic rings. The van der Waals surface area contributed by atoms with Crippen molar-refractivity contribution in [3.8, 4) is 0 Å². The summed E-state index contributed by atoms with van der Waals surface area (Å²) in [5.41, 5.74) is 7.64. The molecule has 0 radical (unpaired) electrons. The van der Waals surface area contributed by atoms with Crippen LogP contribution in [-0.4, -0.2) is 46.5 Å². The van der Waals surface area contributed by atoms with Crippen molar-refractivity contribution in [1.82, 2.24) is 14.8 Å². The molecule has 0 aliphatic carbocycles. The van der Waals surface area contributed by atoms with Gasteiger partial charge in [0.15, 0.2) is 0 Å². The fourth-order valence-electron chi connectivity index (χ4n) is 2.59. The zero-order chi connectivity index (χ0) is 15.5. The van der Waals surface area contributed by atoms with Gasteiger partial charge in [-0.1, -0.05) is 0 Å². The van der Waals surface area contributed by atoms with Gasteiger partial charge in [-0.15, -0.1) is 0 Å². The van der Waals surface area contributed by atoms with Crippen molar-refractivity contribution < 1.29 is 9.53 Å². The largest absolute Gasteiger partial charge is 0.373 e. The molecule has 7 nitrogen and oxygen atoms in total. The fourth-order valence-corrected chi connectivity index (χ4v) is 2.59. The normalized spacial score (nSPS) is 18.4. The Morgan fingerprint density at radius 1 is 1.55 bits per heavy atom. The fraction of sp³-hybridized carbons (Fsp3) is 0.400. The van der Waals surface area contributed by atoms with Crippen molar-refractivity contribution in [1.29, 1.82) is 0 Å². The van der Waals surface area contributed by atoms with Crippen LogP contribution in [0.4, 0.5) is 5.69 Å². The van der Waals surface area contributed by atoms with Gasteiger partial charge in [0.05, 0.1) is 25.5 Å². The summed E-state index contributed by atoms with van der Waals surface area (Å²) in [4.78, 5) is 17.4. The van der Waals surface area contributed by atoms with Crippen molar-refractivity contribution in [3.63, 3.8) is 0 Å². The molecule has 22 heavy (non-hydrogen) atoms. The van der Waals surface area contributed by atoms with E-state index in [9.17, 15) is 4.79 Å². The maximum absolute atomic E-state index is 11.2. The van der Waals surface area contributed by atoms with Gasteiger partial charge in [-0.05, 0) is 24.6 Å². The first kappa shape index (κ1) is 14.5. The molecule has 0 saturated carbocycles. The highest BCUT2D eigenvalue weighted by atomic mass is 16.5. The first-order valence-corrected chi connectivity index (χ1v) is 7.23. The van der Waals surface area contributed by atoms with E-state index in [0.29, 0.717) is 13.2 Å². The van der Waals surface area contributed by atoms with E-state index in [1.54, 1.807) is 12.3 Å². The van der Waals surface area contributed by atoms with E-state index >= 15 is 0 Å². The van der Waals surface area contributed by atoms with Crippen LogP contribution in [0.3, 0.4) is 0 Å². The number of primary amides is 1. The highest BCUT2D eigenvalue weighted by molar-refractivity contribution is 5.91. The van der Waals surface area contributed by atoms with E-state index in [0.717, 1.165) is 24.3 Å². The lowest BCUT2D eigenvalue weighted by Crippen LogP contribution is -2.44. The summed E-state index contributed by atoms with van der Waals surface area (Å²) >= 11 is 0. The Bertz CT molecular complexity index is 669. The van der Waals surface area contributed by atoms with Crippen molar-refractivity contribution in [2.75, 3.05) is 24.6 Å². The number of aryl methyl sites for hydroxylation is 1. The van der Waals surface area contributed by atoms with Crippen molar-refractivity contribution in [2.45, 2.75) is 19.6 Å². The second kappa shape index (κ2) is 6.15. The standard InChI is InChI=1S/C15H19N5O2/c1-11-7-18-20(8-11)10-13-9-19(4-5-22-13)12-2-3-17-14(6-12)15(16)21/h2-3,6-8,13H,4-5,9-10H2,1H3,(H2,16,21). The van der Waals surface area contributed by atoms with E-state index in [4.69, 9.17) is 10.5 Å². The molecule has 1 atom stereocenters. The summed E-state index contributed by atoms with van der Waals surface area (Å²) < 4.78 is 7.70. The van der Waals surface area contributed by atoms with Crippen LogP contribution in [0.5, 0.6) is 0 Å². The number of hydrogen-bond acceptors (Lipinski definition) is 5.